The monoisotopic (exact) mass is 285 g/mol. The highest BCUT2D eigenvalue weighted by molar-refractivity contribution is 5.57. The first-order chi connectivity index (χ1) is 10.2. The van der Waals surface area contributed by atoms with E-state index in [0.29, 0.717) is 12.1 Å². The van der Waals surface area contributed by atoms with Gasteiger partial charge in [-0.1, -0.05) is 0 Å². The second kappa shape index (κ2) is 6.00. The van der Waals surface area contributed by atoms with E-state index in [1.807, 2.05) is 13.0 Å². The molecular formula is C16H23N5. The minimum absolute atomic E-state index is 0.377. The number of nitriles is 1. The van der Waals surface area contributed by atoms with E-state index in [4.69, 9.17) is 5.73 Å². The summed E-state index contributed by atoms with van der Waals surface area (Å²) in [6.45, 7) is 6.14. The van der Waals surface area contributed by atoms with Gasteiger partial charge in [0.25, 0.3) is 0 Å². The third kappa shape index (κ3) is 2.87. The highest BCUT2D eigenvalue weighted by atomic mass is 15.3. The van der Waals surface area contributed by atoms with E-state index in [1.165, 1.54) is 0 Å². The van der Waals surface area contributed by atoms with Gasteiger partial charge in [-0.15, -0.1) is 0 Å². The van der Waals surface area contributed by atoms with Gasteiger partial charge >= 0.3 is 0 Å². The van der Waals surface area contributed by atoms with E-state index in [0.717, 1.165) is 62.4 Å². The summed E-state index contributed by atoms with van der Waals surface area (Å²) in [5.41, 5.74) is 7.72. The van der Waals surface area contributed by atoms with Crippen molar-refractivity contribution in [2.45, 2.75) is 38.3 Å². The highest BCUT2D eigenvalue weighted by Crippen LogP contribution is 2.27. The number of likely N-dealkylation sites (tertiary alicyclic amines) is 1. The molecule has 3 heterocycles. The van der Waals surface area contributed by atoms with Crippen molar-refractivity contribution >= 4 is 5.82 Å². The van der Waals surface area contributed by atoms with Gasteiger partial charge in [-0.25, -0.2) is 4.98 Å². The van der Waals surface area contributed by atoms with Crippen LogP contribution in [0.3, 0.4) is 0 Å². The lowest BCUT2D eigenvalue weighted by atomic mass is 10.0. The van der Waals surface area contributed by atoms with Crippen LogP contribution in [0.25, 0.3) is 0 Å². The number of pyridine rings is 1. The van der Waals surface area contributed by atoms with Crippen molar-refractivity contribution in [2.75, 3.05) is 31.1 Å². The Kier molecular flexibility index (Phi) is 4.09. The number of nitrogens with zero attached hydrogens (tertiary/aromatic N) is 4. The molecule has 0 amide bonds. The Morgan fingerprint density at radius 1 is 1.29 bits per heavy atom. The predicted molar refractivity (Wildman–Crippen MR) is 83.1 cm³/mol. The van der Waals surface area contributed by atoms with Gasteiger partial charge in [-0.3, -0.25) is 4.90 Å². The summed E-state index contributed by atoms with van der Waals surface area (Å²) in [4.78, 5) is 9.28. The highest BCUT2D eigenvalue weighted by Gasteiger charge is 2.31. The average molecular weight is 285 g/mol. The molecule has 1 aromatic heterocycles. The first-order valence-electron chi connectivity index (χ1n) is 7.79. The molecule has 0 radical (unpaired) electrons. The van der Waals surface area contributed by atoms with Crippen LogP contribution in [0.5, 0.6) is 0 Å². The van der Waals surface area contributed by atoms with E-state index in [-0.39, 0.29) is 0 Å². The van der Waals surface area contributed by atoms with Gasteiger partial charge in [-0.2, -0.15) is 5.26 Å². The Morgan fingerprint density at radius 3 is 2.76 bits per heavy atom. The number of aryl methyl sites for hydroxylation is 1. The number of rotatable bonds is 2. The van der Waals surface area contributed by atoms with E-state index in [2.05, 4.69) is 20.9 Å². The van der Waals surface area contributed by atoms with E-state index in [9.17, 15) is 5.26 Å². The van der Waals surface area contributed by atoms with Crippen LogP contribution in [0.2, 0.25) is 0 Å². The van der Waals surface area contributed by atoms with E-state index in [1.54, 1.807) is 6.20 Å². The van der Waals surface area contributed by atoms with Crippen molar-refractivity contribution in [3.63, 3.8) is 0 Å². The third-order valence-corrected chi connectivity index (χ3v) is 4.80. The van der Waals surface area contributed by atoms with Crippen LogP contribution in [0.15, 0.2) is 12.3 Å². The topological polar surface area (TPSA) is 69.2 Å². The van der Waals surface area contributed by atoms with Crippen LogP contribution >= 0.6 is 0 Å². The van der Waals surface area contributed by atoms with E-state index < -0.39 is 0 Å². The van der Waals surface area contributed by atoms with Crippen molar-refractivity contribution in [3.8, 4) is 6.07 Å². The summed E-state index contributed by atoms with van der Waals surface area (Å²) in [6, 6.07) is 5.16. The van der Waals surface area contributed by atoms with Gasteiger partial charge < -0.3 is 10.6 Å². The maximum atomic E-state index is 9.36. The molecule has 5 nitrogen and oxygen atoms in total. The number of nitrogens with two attached hydrogens (primary N) is 1. The molecule has 0 aliphatic carbocycles. The molecule has 2 saturated heterocycles. The lowest BCUT2D eigenvalue weighted by Crippen LogP contribution is -2.46. The Hall–Kier alpha value is -1.64. The first-order valence-corrected chi connectivity index (χ1v) is 7.79. The lowest BCUT2D eigenvalue weighted by molar-refractivity contribution is 0.163. The number of aromatic nitrogens is 1. The molecule has 1 unspecified atom stereocenters. The Morgan fingerprint density at radius 2 is 2.05 bits per heavy atom. The van der Waals surface area contributed by atoms with Crippen molar-refractivity contribution in [1.29, 1.82) is 5.26 Å². The Labute approximate surface area is 126 Å². The van der Waals surface area contributed by atoms with Crippen LogP contribution in [0, 0.1) is 18.3 Å². The first kappa shape index (κ1) is 14.3. The summed E-state index contributed by atoms with van der Waals surface area (Å²) in [6.07, 6.45) is 5.15. The molecule has 2 fully saturated rings. The maximum Gasteiger partial charge on any atom is 0.146 e. The molecule has 21 heavy (non-hydrogen) atoms. The maximum absolute atomic E-state index is 9.36. The molecule has 0 bridgehead atoms. The summed E-state index contributed by atoms with van der Waals surface area (Å²) < 4.78 is 0. The molecule has 2 aliphatic heterocycles. The molecular weight excluding hydrogens is 262 g/mol. The average Bonchev–Trinajstić information content (AvgIpc) is 2.97. The number of piperidine rings is 1. The summed E-state index contributed by atoms with van der Waals surface area (Å²) >= 11 is 0. The zero-order chi connectivity index (χ0) is 14.8. The molecule has 5 heteroatoms. The fraction of sp³-hybridized carbons (Fsp3) is 0.625. The van der Waals surface area contributed by atoms with Gasteiger partial charge in [0.2, 0.25) is 0 Å². The van der Waals surface area contributed by atoms with Gasteiger partial charge in [0.15, 0.2) is 0 Å². The molecule has 112 valence electrons. The number of hydrogen-bond donors (Lipinski definition) is 1. The fourth-order valence-electron chi connectivity index (χ4n) is 3.44. The summed E-state index contributed by atoms with van der Waals surface area (Å²) in [7, 11) is 0. The molecule has 2 aliphatic rings. The lowest BCUT2D eigenvalue weighted by Gasteiger charge is -2.34. The van der Waals surface area contributed by atoms with Crippen molar-refractivity contribution in [3.05, 3.63) is 23.4 Å². The van der Waals surface area contributed by atoms with Gasteiger partial charge in [-0.05, 0) is 50.9 Å². The smallest absolute Gasteiger partial charge is 0.146 e. The van der Waals surface area contributed by atoms with Gasteiger partial charge in [0.05, 0.1) is 5.56 Å². The normalized spacial score (nSPS) is 24.2. The van der Waals surface area contributed by atoms with Crippen molar-refractivity contribution in [2.24, 2.45) is 5.73 Å². The summed E-state index contributed by atoms with van der Waals surface area (Å²) in [5, 5.41) is 9.36. The van der Waals surface area contributed by atoms with Gasteiger partial charge in [0.1, 0.15) is 11.9 Å². The molecule has 0 saturated carbocycles. The van der Waals surface area contributed by atoms with Crippen LogP contribution in [-0.4, -0.2) is 48.1 Å². The fourth-order valence-corrected chi connectivity index (χ4v) is 3.44. The van der Waals surface area contributed by atoms with Gasteiger partial charge in [0, 0.05) is 31.4 Å². The number of anilines is 1. The largest absolute Gasteiger partial charge is 0.354 e. The van der Waals surface area contributed by atoms with Crippen LogP contribution in [0.1, 0.15) is 30.4 Å². The summed E-state index contributed by atoms with van der Waals surface area (Å²) in [5.74, 6) is 0.855. The Bertz CT molecular complexity index is 542. The zero-order valence-corrected chi connectivity index (χ0v) is 12.6. The van der Waals surface area contributed by atoms with Crippen LogP contribution in [-0.2, 0) is 0 Å². The minimum Gasteiger partial charge on any atom is -0.354 e. The zero-order valence-electron chi connectivity index (χ0n) is 12.6. The van der Waals surface area contributed by atoms with Crippen LogP contribution < -0.4 is 10.6 Å². The molecule has 1 aromatic rings. The van der Waals surface area contributed by atoms with Crippen molar-refractivity contribution < 1.29 is 0 Å². The molecule has 0 spiro atoms. The van der Waals surface area contributed by atoms with E-state index >= 15 is 0 Å². The molecule has 1 atom stereocenters. The standard InChI is InChI=1S/C16H23N5/c1-12-2-6-19-16(15(12)10-17)21-9-5-14(11-21)20-7-3-13(18)4-8-20/h2,6,13-14H,3-5,7-9,11,18H2,1H3. The number of hydrogen-bond acceptors (Lipinski definition) is 5. The minimum atomic E-state index is 0.377. The van der Waals surface area contributed by atoms with Crippen molar-refractivity contribution in [1.82, 2.24) is 9.88 Å². The predicted octanol–water partition coefficient (Wildman–Crippen LogP) is 1.26. The second-order valence-corrected chi connectivity index (χ2v) is 6.20. The Balaban J connectivity index is 1.70. The third-order valence-electron chi connectivity index (χ3n) is 4.80. The molecule has 2 N–H and O–H groups in total. The van der Waals surface area contributed by atoms with Crippen LogP contribution in [0.4, 0.5) is 5.82 Å². The molecule has 3 rings (SSSR count). The quantitative estimate of drug-likeness (QED) is 0.886. The second-order valence-electron chi connectivity index (χ2n) is 6.20. The molecule has 0 aromatic carbocycles. The SMILES string of the molecule is Cc1ccnc(N2CCC(N3CCC(N)CC3)C2)c1C#N.